The fraction of sp³-hybridized carbons (Fsp3) is 0.667. The van der Waals surface area contributed by atoms with Crippen LogP contribution in [0.15, 0.2) is 18.2 Å². The van der Waals surface area contributed by atoms with Crippen LogP contribution < -0.4 is 10.2 Å². The number of hydrogen-bond donors (Lipinski definition) is 2. The number of halogens is 1. The molecule has 4 saturated carbocycles. The molecule has 7 rings (SSSR count). The van der Waals surface area contributed by atoms with E-state index < -0.39 is 5.60 Å². The van der Waals surface area contributed by atoms with Crippen molar-refractivity contribution in [2.24, 2.45) is 23.7 Å². The average Bonchev–Trinajstić information content (AvgIpc) is 3.28. The lowest BCUT2D eigenvalue weighted by atomic mass is 9.52. The van der Waals surface area contributed by atoms with Gasteiger partial charge in [0.15, 0.2) is 0 Å². The van der Waals surface area contributed by atoms with Crippen LogP contribution in [-0.4, -0.2) is 53.2 Å². The fourth-order valence-electron chi connectivity index (χ4n) is 7.57. The van der Waals surface area contributed by atoms with Crippen LogP contribution in [0.1, 0.15) is 44.1 Å². The quantitative estimate of drug-likeness (QED) is 0.750. The summed E-state index contributed by atoms with van der Waals surface area (Å²) in [5, 5.41) is 14.3. The summed E-state index contributed by atoms with van der Waals surface area (Å²) in [6.45, 7) is 2.12. The second kappa shape index (κ2) is 7.11. The molecular formula is C24H30ClN3O3. The molecule has 31 heavy (non-hydrogen) atoms. The lowest BCUT2D eigenvalue weighted by Crippen LogP contribution is -2.62. The van der Waals surface area contributed by atoms with Gasteiger partial charge in [0, 0.05) is 42.3 Å². The second-order valence-corrected chi connectivity index (χ2v) is 11.0. The van der Waals surface area contributed by atoms with Gasteiger partial charge >= 0.3 is 6.03 Å². The molecule has 2 N–H and O–H groups in total. The number of anilines is 1. The summed E-state index contributed by atoms with van der Waals surface area (Å²) in [6, 6.07) is 5.98. The summed E-state index contributed by atoms with van der Waals surface area (Å²) in [5.74, 6) is 1.83. The molecule has 6 nitrogen and oxygen atoms in total. The highest BCUT2D eigenvalue weighted by molar-refractivity contribution is 6.31. The van der Waals surface area contributed by atoms with Crippen LogP contribution in [0.3, 0.4) is 0 Å². The topological polar surface area (TPSA) is 72.9 Å². The van der Waals surface area contributed by atoms with Gasteiger partial charge in [0.1, 0.15) is 0 Å². The predicted octanol–water partition coefficient (Wildman–Crippen LogP) is 3.20. The standard InChI is InChI=1S/C24H30ClN3O3/c25-20-10-19(27-6-4-26-23(27)30)2-1-15(20)9-16-3-5-28(22(16)29)21-17-7-14-8-18(21)13-24(31,11-14)12-17/h1-2,10,14,16-18,21,31H,3-9,11-13H2,(H,26,30). The molecule has 6 aliphatic rings. The van der Waals surface area contributed by atoms with E-state index in [1.165, 1.54) is 12.8 Å². The lowest BCUT2D eigenvalue weighted by molar-refractivity contribution is -0.168. The number of rotatable bonds is 4. The Morgan fingerprint density at radius 3 is 2.55 bits per heavy atom. The summed E-state index contributed by atoms with van der Waals surface area (Å²) >= 11 is 6.57. The molecule has 1 aromatic rings. The highest BCUT2D eigenvalue weighted by Crippen LogP contribution is 2.57. The Bertz CT molecular complexity index is 921. The molecule has 6 fully saturated rings. The number of nitrogens with one attached hydrogen (secondary N) is 1. The summed E-state index contributed by atoms with van der Waals surface area (Å²) in [4.78, 5) is 29.2. The number of aliphatic hydroxyl groups is 1. The first kappa shape index (κ1) is 19.9. The number of benzene rings is 1. The highest BCUT2D eigenvalue weighted by atomic mass is 35.5. The first-order valence-electron chi connectivity index (χ1n) is 11.8. The van der Waals surface area contributed by atoms with E-state index >= 15 is 0 Å². The summed E-state index contributed by atoms with van der Waals surface area (Å²) in [7, 11) is 0. The predicted molar refractivity (Wildman–Crippen MR) is 118 cm³/mol. The van der Waals surface area contributed by atoms with E-state index in [2.05, 4.69) is 10.2 Å². The van der Waals surface area contributed by atoms with Gasteiger partial charge in [-0.05, 0) is 80.4 Å². The van der Waals surface area contributed by atoms with Gasteiger partial charge in [-0.1, -0.05) is 17.7 Å². The Morgan fingerprint density at radius 1 is 1.13 bits per heavy atom. The highest BCUT2D eigenvalue weighted by Gasteiger charge is 2.57. The minimum absolute atomic E-state index is 0.0290. The van der Waals surface area contributed by atoms with E-state index in [9.17, 15) is 14.7 Å². The van der Waals surface area contributed by atoms with Gasteiger partial charge < -0.3 is 15.3 Å². The SMILES string of the molecule is O=C1NCCN1c1ccc(CC2CCN(C3C4CC5CC3CC(O)(C5)C4)C2=O)c(Cl)c1. The maximum Gasteiger partial charge on any atom is 0.321 e. The normalized spacial score (nSPS) is 39.0. The van der Waals surface area contributed by atoms with Crippen molar-refractivity contribution < 1.29 is 14.7 Å². The van der Waals surface area contributed by atoms with Gasteiger partial charge in [-0.15, -0.1) is 0 Å². The molecule has 166 valence electrons. The monoisotopic (exact) mass is 443 g/mol. The van der Waals surface area contributed by atoms with E-state index in [1.54, 1.807) is 4.90 Å². The average molecular weight is 444 g/mol. The molecule has 2 heterocycles. The third-order valence-corrected chi connectivity index (χ3v) is 8.93. The zero-order valence-corrected chi connectivity index (χ0v) is 18.5. The van der Waals surface area contributed by atoms with Crippen LogP contribution in [0.5, 0.6) is 0 Å². The number of likely N-dealkylation sites (tertiary alicyclic amines) is 1. The minimum Gasteiger partial charge on any atom is -0.390 e. The summed E-state index contributed by atoms with van der Waals surface area (Å²) in [5.41, 5.74) is 1.32. The Hall–Kier alpha value is -1.79. The number of carbonyl (C=O) groups is 2. The Morgan fingerprint density at radius 2 is 1.90 bits per heavy atom. The molecular weight excluding hydrogens is 414 g/mol. The van der Waals surface area contributed by atoms with Crippen molar-refractivity contribution in [3.8, 4) is 0 Å². The van der Waals surface area contributed by atoms with Crippen molar-refractivity contribution in [2.75, 3.05) is 24.5 Å². The smallest absolute Gasteiger partial charge is 0.321 e. The van der Waals surface area contributed by atoms with E-state index in [4.69, 9.17) is 11.6 Å². The van der Waals surface area contributed by atoms with Crippen molar-refractivity contribution >= 4 is 29.2 Å². The first-order chi connectivity index (χ1) is 14.9. The van der Waals surface area contributed by atoms with Crippen LogP contribution in [-0.2, 0) is 11.2 Å². The van der Waals surface area contributed by atoms with Gasteiger partial charge in [-0.2, -0.15) is 0 Å². The summed E-state index contributed by atoms with van der Waals surface area (Å²) in [6.07, 6.45) is 6.58. The zero-order valence-electron chi connectivity index (χ0n) is 17.7. The molecule has 2 saturated heterocycles. The van der Waals surface area contributed by atoms with Gasteiger partial charge in [0.2, 0.25) is 5.91 Å². The number of hydrogen-bond acceptors (Lipinski definition) is 3. The third kappa shape index (κ3) is 3.25. The zero-order chi connectivity index (χ0) is 21.3. The molecule has 3 amide bonds. The van der Waals surface area contributed by atoms with E-state index in [-0.39, 0.29) is 17.9 Å². The first-order valence-corrected chi connectivity index (χ1v) is 12.1. The van der Waals surface area contributed by atoms with Crippen molar-refractivity contribution in [3.05, 3.63) is 28.8 Å². The van der Waals surface area contributed by atoms with Crippen LogP contribution in [0.2, 0.25) is 5.02 Å². The Kier molecular flexibility index (Phi) is 4.55. The van der Waals surface area contributed by atoms with Gasteiger partial charge in [-0.25, -0.2) is 4.79 Å². The number of nitrogens with zero attached hydrogens (tertiary/aromatic N) is 2. The van der Waals surface area contributed by atoms with E-state index in [0.717, 1.165) is 43.5 Å². The summed E-state index contributed by atoms with van der Waals surface area (Å²) < 4.78 is 0. The molecule has 7 heteroatoms. The van der Waals surface area contributed by atoms with Crippen molar-refractivity contribution in [3.63, 3.8) is 0 Å². The number of carbonyl (C=O) groups excluding carboxylic acids is 2. The molecule has 0 radical (unpaired) electrons. The van der Waals surface area contributed by atoms with Crippen LogP contribution in [0.4, 0.5) is 10.5 Å². The van der Waals surface area contributed by atoms with Crippen molar-refractivity contribution in [1.82, 2.24) is 10.2 Å². The van der Waals surface area contributed by atoms with Gasteiger partial charge in [-0.3, -0.25) is 9.69 Å². The maximum absolute atomic E-state index is 13.4. The minimum atomic E-state index is -0.462. The molecule has 1 aromatic carbocycles. The lowest BCUT2D eigenvalue weighted by Gasteiger charge is -2.59. The molecule has 3 atom stereocenters. The molecule has 0 aromatic heterocycles. The van der Waals surface area contributed by atoms with E-state index in [0.29, 0.717) is 48.3 Å². The van der Waals surface area contributed by atoms with Crippen LogP contribution >= 0.6 is 11.6 Å². The molecule has 0 spiro atoms. The van der Waals surface area contributed by atoms with Crippen molar-refractivity contribution in [1.29, 1.82) is 0 Å². The molecule has 2 aliphatic heterocycles. The van der Waals surface area contributed by atoms with Crippen LogP contribution in [0, 0.1) is 23.7 Å². The van der Waals surface area contributed by atoms with Gasteiger partial charge in [0.25, 0.3) is 0 Å². The largest absolute Gasteiger partial charge is 0.390 e. The molecule has 4 bridgehead atoms. The second-order valence-electron chi connectivity index (χ2n) is 10.6. The number of urea groups is 1. The maximum atomic E-state index is 13.4. The Labute approximate surface area is 187 Å². The Balaban J connectivity index is 1.16. The fourth-order valence-corrected chi connectivity index (χ4v) is 7.82. The number of amides is 3. The van der Waals surface area contributed by atoms with Crippen LogP contribution in [0.25, 0.3) is 0 Å². The van der Waals surface area contributed by atoms with E-state index in [1.807, 2.05) is 18.2 Å². The third-order valence-electron chi connectivity index (χ3n) is 8.57. The molecule has 4 aliphatic carbocycles. The van der Waals surface area contributed by atoms with Gasteiger partial charge in [0.05, 0.1) is 5.60 Å². The molecule has 3 unspecified atom stereocenters. The van der Waals surface area contributed by atoms with Crippen molar-refractivity contribution in [2.45, 2.75) is 56.6 Å².